The minimum atomic E-state index is 0.358. The van der Waals surface area contributed by atoms with Gasteiger partial charge in [0.1, 0.15) is 0 Å². The lowest BCUT2D eigenvalue weighted by Gasteiger charge is -2.21. The molecule has 0 bridgehead atoms. The van der Waals surface area contributed by atoms with Crippen molar-refractivity contribution in [1.82, 2.24) is 15.1 Å². The summed E-state index contributed by atoms with van der Waals surface area (Å²) >= 11 is 0. The molecule has 1 N–H and O–H groups in total. The molecule has 1 amide bonds. The van der Waals surface area contributed by atoms with Gasteiger partial charge in [-0.25, -0.2) is 0 Å². The molecule has 4 nitrogen and oxygen atoms in total. The monoisotopic (exact) mass is 283 g/mol. The summed E-state index contributed by atoms with van der Waals surface area (Å²) in [6, 6.07) is 0. The minimum absolute atomic E-state index is 0.358. The Morgan fingerprint density at radius 2 is 1.95 bits per heavy atom. The summed E-state index contributed by atoms with van der Waals surface area (Å²) in [5.74, 6) is 1.01. The van der Waals surface area contributed by atoms with Gasteiger partial charge in [0.05, 0.1) is 0 Å². The maximum atomic E-state index is 12.2. The number of hydrogen-bond donors (Lipinski definition) is 1. The van der Waals surface area contributed by atoms with Crippen molar-refractivity contribution in [3.63, 3.8) is 0 Å². The number of nitrogens with one attached hydrogen (secondary N) is 1. The van der Waals surface area contributed by atoms with Crippen LogP contribution >= 0.6 is 0 Å². The highest BCUT2D eigenvalue weighted by molar-refractivity contribution is 5.76. The highest BCUT2D eigenvalue weighted by Gasteiger charge is 2.25. The molecule has 1 atom stereocenters. The zero-order valence-electron chi connectivity index (χ0n) is 13.7. The summed E-state index contributed by atoms with van der Waals surface area (Å²) in [7, 11) is 1.99. The standard InChI is InChI=1S/C16H33N3O/c1-4-9-18(10-5-2)11-6-7-16(20)19-12-8-15(14-19)13-17-3/h15,17H,4-14H2,1-3H3. The third-order valence-electron chi connectivity index (χ3n) is 4.08. The molecule has 0 aromatic rings. The van der Waals surface area contributed by atoms with Crippen molar-refractivity contribution in [2.24, 2.45) is 5.92 Å². The molecule has 4 heteroatoms. The number of rotatable bonds is 10. The normalized spacial score (nSPS) is 19.0. The molecule has 0 aromatic heterocycles. The Morgan fingerprint density at radius 3 is 2.55 bits per heavy atom. The third-order valence-corrected chi connectivity index (χ3v) is 4.08. The van der Waals surface area contributed by atoms with Gasteiger partial charge in [-0.15, -0.1) is 0 Å². The van der Waals surface area contributed by atoms with Crippen molar-refractivity contribution < 1.29 is 4.79 Å². The number of hydrogen-bond acceptors (Lipinski definition) is 3. The van der Waals surface area contributed by atoms with Crippen molar-refractivity contribution >= 4 is 5.91 Å². The molecular weight excluding hydrogens is 250 g/mol. The second-order valence-corrected chi connectivity index (χ2v) is 6.00. The van der Waals surface area contributed by atoms with E-state index in [0.29, 0.717) is 11.8 Å². The average molecular weight is 283 g/mol. The summed E-state index contributed by atoms with van der Waals surface area (Å²) in [5, 5.41) is 3.21. The van der Waals surface area contributed by atoms with Crippen molar-refractivity contribution in [3.8, 4) is 0 Å². The van der Waals surface area contributed by atoms with Crippen LogP contribution < -0.4 is 5.32 Å². The second kappa shape index (κ2) is 10.2. The van der Waals surface area contributed by atoms with Gasteiger partial charge in [-0.05, 0) is 64.8 Å². The number of likely N-dealkylation sites (tertiary alicyclic amines) is 1. The van der Waals surface area contributed by atoms with Crippen LogP contribution in [0.4, 0.5) is 0 Å². The number of carbonyl (C=O) groups excluding carboxylic acids is 1. The van der Waals surface area contributed by atoms with E-state index in [0.717, 1.165) is 58.5 Å². The predicted molar refractivity (Wildman–Crippen MR) is 84.9 cm³/mol. The van der Waals surface area contributed by atoms with E-state index in [1.165, 1.54) is 12.8 Å². The largest absolute Gasteiger partial charge is 0.342 e. The molecule has 0 radical (unpaired) electrons. The lowest BCUT2D eigenvalue weighted by molar-refractivity contribution is -0.130. The molecule has 1 aliphatic heterocycles. The van der Waals surface area contributed by atoms with E-state index in [9.17, 15) is 4.79 Å². The SMILES string of the molecule is CCCN(CCC)CCCC(=O)N1CCC(CNC)C1. The second-order valence-electron chi connectivity index (χ2n) is 6.00. The first-order valence-corrected chi connectivity index (χ1v) is 8.35. The Hall–Kier alpha value is -0.610. The molecule has 118 valence electrons. The molecular formula is C16H33N3O. The maximum Gasteiger partial charge on any atom is 0.222 e. The Bertz CT molecular complexity index is 264. The Morgan fingerprint density at radius 1 is 1.25 bits per heavy atom. The van der Waals surface area contributed by atoms with Crippen molar-refractivity contribution in [3.05, 3.63) is 0 Å². The highest BCUT2D eigenvalue weighted by Crippen LogP contribution is 2.16. The molecule has 0 aliphatic carbocycles. The van der Waals surface area contributed by atoms with Gasteiger partial charge >= 0.3 is 0 Å². The van der Waals surface area contributed by atoms with Crippen LogP contribution in [0.15, 0.2) is 0 Å². The molecule has 1 aliphatic rings. The fourth-order valence-corrected chi connectivity index (χ4v) is 3.09. The topological polar surface area (TPSA) is 35.6 Å². The van der Waals surface area contributed by atoms with Gasteiger partial charge in [0.25, 0.3) is 0 Å². The lowest BCUT2D eigenvalue weighted by Crippen LogP contribution is -2.32. The van der Waals surface area contributed by atoms with E-state index in [1.54, 1.807) is 0 Å². The predicted octanol–water partition coefficient (Wildman–Crippen LogP) is 1.96. The molecule has 0 aromatic carbocycles. The Balaban J connectivity index is 2.19. The van der Waals surface area contributed by atoms with Gasteiger partial charge in [0.15, 0.2) is 0 Å². The molecule has 1 heterocycles. The Kier molecular flexibility index (Phi) is 8.86. The van der Waals surface area contributed by atoms with Crippen LogP contribution in [0.1, 0.15) is 46.0 Å². The fourth-order valence-electron chi connectivity index (χ4n) is 3.09. The van der Waals surface area contributed by atoms with Crippen LogP contribution in [0.2, 0.25) is 0 Å². The number of carbonyl (C=O) groups is 1. The summed E-state index contributed by atoms with van der Waals surface area (Å²) in [5.41, 5.74) is 0. The molecule has 1 saturated heterocycles. The summed E-state index contributed by atoms with van der Waals surface area (Å²) in [6.45, 7) is 10.8. The zero-order valence-corrected chi connectivity index (χ0v) is 13.7. The quantitative estimate of drug-likeness (QED) is 0.666. The van der Waals surface area contributed by atoms with Crippen LogP contribution in [0.25, 0.3) is 0 Å². The smallest absolute Gasteiger partial charge is 0.222 e. The average Bonchev–Trinajstić information content (AvgIpc) is 2.88. The molecule has 1 rings (SSSR count). The molecule has 0 spiro atoms. The number of nitrogens with zero attached hydrogens (tertiary/aromatic N) is 2. The fraction of sp³-hybridized carbons (Fsp3) is 0.938. The molecule has 20 heavy (non-hydrogen) atoms. The first kappa shape index (κ1) is 17.4. The van der Waals surface area contributed by atoms with Gasteiger partial charge in [-0.2, -0.15) is 0 Å². The van der Waals surface area contributed by atoms with Crippen LogP contribution in [-0.2, 0) is 4.79 Å². The van der Waals surface area contributed by atoms with Gasteiger partial charge in [0.2, 0.25) is 5.91 Å². The summed E-state index contributed by atoms with van der Waals surface area (Å²) in [4.78, 5) is 16.7. The van der Waals surface area contributed by atoms with Crippen molar-refractivity contribution in [2.45, 2.75) is 46.0 Å². The Labute approximate surface area is 124 Å². The molecule has 0 saturated carbocycles. The van der Waals surface area contributed by atoms with Gasteiger partial charge in [-0.3, -0.25) is 4.79 Å². The van der Waals surface area contributed by atoms with Crippen LogP contribution in [0.5, 0.6) is 0 Å². The van der Waals surface area contributed by atoms with E-state index in [2.05, 4.69) is 29.0 Å². The minimum Gasteiger partial charge on any atom is -0.342 e. The molecule has 1 fully saturated rings. The van der Waals surface area contributed by atoms with E-state index in [-0.39, 0.29) is 0 Å². The third kappa shape index (κ3) is 6.23. The first-order valence-electron chi connectivity index (χ1n) is 8.35. The van der Waals surface area contributed by atoms with Crippen molar-refractivity contribution in [2.75, 3.05) is 46.3 Å². The van der Waals surface area contributed by atoms with Crippen molar-refractivity contribution in [1.29, 1.82) is 0 Å². The summed E-state index contributed by atoms with van der Waals surface area (Å²) in [6.07, 6.45) is 5.28. The van der Waals surface area contributed by atoms with Gasteiger partial charge in [-0.1, -0.05) is 13.8 Å². The first-order chi connectivity index (χ1) is 9.71. The number of amides is 1. The maximum absolute atomic E-state index is 12.2. The van der Waals surface area contributed by atoms with E-state index >= 15 is 0 Å². The van der Waals surface area contributed by atoms with Gasteiger partial charge < -0.3 is 15.1 Å². The van der Waals surface area contributed by atoms with E-state index < -0.39 is 0 Å². The van der Waals surface area contributed by atoms with E-state index in [4.69, 9.17) is 0 Å². The highest BCUT2D eigenvalue weighted by atomic mass is 16.2. The van der Waals surface area contributed by atoms with Crippen LogP contribution in [0, 0.1) is 5.92 Å². The summed E-state index contributed by atoms with van der Waals surface area (Å²) < 4.78 is 0. The van der Waals surface area contributed by atoms with E-state index in [1.807, 2.05) is 7.05 Å². The molecule has 1 unspecified atom stereocenters. The lowest BCUT2D eigenvalue weighted by atomic mass is 10.1. The van der Waals surface area contributed by atoms with Gasteiger partial charge in [0, 0.05) is 19.5 Å². The zero-order chi connectivity index (χ0) is 14.8. The van der Waals surface area contributed by atoms with Crippen LogP contribution in [-0.4, -0.2) is 62.0 Å². The van der Waals surface area contributed by atoms with Crippen LogP contribution in [0.3, 0.4) is 0 Å².